The second-order valence-corrected chi connectivity index (χ2v) is 4.73. The smallest absolute Gasteiger partial charge is 0.258 e. The summed E-state index contributed by atoms with van der Waals surface area (Å²) in [7, 11) is 0. The number of hydrogen-bond acceptors (Lipinski definition) is 4. The number of likely N-dealkylation sites (N-methyl/N-ethyl adjacent to an activating group) is 1. The van der Waals surface area contributed by atoms with Crippen LogP contribution < -0.4 is 14.8 Å². The summed E-state index contributed by atoms with van der Waals surface area (Å²) in [5.41, 5.74) is 0.603. The van der Waals surface area contributed by atoms with Gasteiger partial charge in [-0.25, -0.2) is 0 Å². The quantitative estimate of drug-likeness (QED) is 0.879. The number of ether oxygens (including phenoxy) is 2. The molecular formula is C14H18N2O3. The fraction of sp³-hybridized carbons (Fsp3) is 0.500. The van der Waals surface area contributed by atoms with Gasteiger partial charge in [0.05, 0.1) is 11.6 Å². The van der Waals surface area contributed by atoms with Gasteiger partial charge in [0.2, 0.25) is 0 Å². The van der Waals surface area contributed by atoms with E-state index in [2.05, 4.69) is 5.32 Å². The number of nitrogens with zero attached hydrogens (tertiary/aromatic N) is 1. The van der Waals surface area contributed by atoms with Gasteiger partial charge < -0.3 is 19.7 Å². The van der Waals surface area contributed by atoms with E-state index < -0.39 is 0 Å². The number of para-hydroxylation sites is 1. The normalized spacial score (nSPS) is 17.7. The summed E-state index contributed by atoms with van der Waals surface area (Å²) >= 11 is 0. The summed E-state index contributed by atoms with van der Waals surface area (Å²) in [5.74, 6) is 1.28. The minimum Gasteiger partial charge on any atom is -0.486 e. The Morgan fingerprint density at radius 1 is 1.37 bits per heavy atom. The maximum absolute atomic E-state index is 12.6. The van der Waals surface area contributed by atoms with E-state index in [-0.39, 0.29) is 11.9 Å². The lowest BCUT2D eigenvalue weighted by Gasteiger charge is -2.38. The number of hydrogen-bond donors (Lipinski definition) is 1. The summed E-state index contributed by atoms with van der Waals surface area (Å²) in [6.07, 6.45) is 0. The maximum atomic E-state index is 12.6. The molecule has 2 heterocycles. The van der Waals surface area contributed by atoms with Crippen molar-refractivity contribution >= 4 is 5.91 Å². The topological polar surface area (TPSA) is 50.8 Å². The Hall–Kier alpha value is -1.75. The molecule has 0 aliphatic carbocycles. The van der Waals surface area contributed by atoms with Crippen LogP contribution in [0.5, 0.6) is 11.5 Å². The summed E-state index contributed by atoms with van der Waals surface area (Å²) in [5, 5.41) is 3.19. The van der Waals surface area contributed by atoms with Crippen LogP contribution in [-0.4, -0.2) is 49.7 Å². The van der Waals surface area contributed by atoms with Gasteiger partial charge in [-0.1, -0.05) is 6.07 Å². The van der Waals surface area contributed by atoms with E-state index in [4.69, 9.17) is 9.47 Å². The predicted molar refractivity (Wildman–Crippen MR) is 70.8 cm³/mol. The molecule has 1 saturated heterocycles. The number of fused-ring (bicyclic) bond motifs is 1. The third kappa shape index (κ3) is 2.14. The van der Waals surface area contributed by atoms with Crippen molar-refractivity contribution in [2.24, 2.45) is 0 Å². The molecule has 5 heteroatoms. The van der Waals surface area contributed by atoms with E-state index in [1.54, 1.807) is 0 Å². The van der Waals surface area contributed by atoms with Crippen LogP contribution in [0, 0.1) is 0 Å². The molecule has 1 aromatic rings. The van der Waals surface area contributed by atoms with Crippen molar-refractivity contribution in [2.45, 2.75) is 13.0 Å². The lowest BCUT2D eigenvalue weighted by Crippen LogP contribution is -2.58. The average Bonchev–Trinajstić information content (AvgIpc) is 2.41. The highest BCUT2D eigenvalue weighted by Crippen LogP contribution is 2.34. The number of benzene rings is 1. The molecule has 0 unspecified atom stereocenters. The third-order valence-corrected chi connectivity index (χ3v) is 3.60. The first kappa shape index (κ1) is 12.3. The summed E-state index contributed by atoms with van der Waals surface area (Å²) in [6.45, 7) is 5.47. The Labute approximate surface area is 112 Å². The van der Waals surface area contributed by atoms with E-state index in [1.165, 1.54) is 0 Å². The molecule has 1 N–H and O–H groups in total. The predicted octanol–water partition coefficient (Wildman–Crippen LogP) is 0.892. The standard InChI is InChI=1S/C14H18N2O3/c1-2-16(10-8-15-9-10)14(17)11-4-3-5-12-13(11)19-7-6-18-12/h3-5,10,15H,2,6-9H2,1H3. The largest absolute Gasteiger partial charge is 0.486 e. The minimum atomic E-state index is 0.0244. The zero-order valence-electron chi connectivity index (χ0n) is 11.0. The molecule has 3 rings (SSSR count). The Morgan fingerprint density at radius 2 is 2.16 bits per heavy atom. The molecule has 0 aromatic heterocycles. The fourth-order valence-corrected chi connectivity index (χ4v) is 2.46. The summed E-state index contributed by atoms with van der Waals surface area (Å²) in [4.78, 5) is 14.5. The van der Waals surface area contributed by atoms with Gasteiger partial charge in [-0.3, -0.25) is 4.79 Å². The second-order valence-electron chi connectivity index (χ2n) is 4.73. The molecule has 1 fully saturated rings. The van der Waals surface area contributed by atoms with E-state index in [1.807, 2.05) is 30.0 Å². The molecule has 2 aliphatic rings. The molecule has 0 bridgehead atoms. The van der Waals surface area contributed by atoms with Crippen LogP contribution >= 0.6 is 0 Å². The monoisotopic (exact) mass is 262 g/mol. The first-order chi connectivity index (χ1) is 9.31. The molecule has 1 amide bonds. The van der Waals surface area contributed by atoms with E-state index >= 15 is 0 Å². The van der Waals surface area contributed by atoms with Crippen molar-refractivity contribution in [3.63, 3.8) is 0 Å². The highest BCUT2D eigenvalue weighted by atomic mass is 16.6. The number of amides is 1. The molecule has 1 aromatic carbocycles. The van der Waals surface area contributed by atoms with Crippen LogP contribution in [0.1, 0.15) is 17.3 Å². The lowest BCUT2D eigenvalue weighted by atomic mass is 10.1. The van der Waals surface area contributed by atoms with E-state index in [9.17, 15) is 4.79 Å². The molecule has 0 saturated carbocycles. The fourth-order valence-electron chi connectivity index (χ4n) is 2.46. The van der Waals surface area contributed by atoms with E-state index in [0.717, 1.165) is 13.1 Å². The van der Waals surface area contributed by atoms with Crippen LogP contribution in [0.3, 0.4) is 0 Å². The minimum absolute atomic E-state index is 0.0244. The van der Waals surface area contributed by atoms with Crippen LogP contribution in [0.4, 0.5) is 0 Å². The SMILES string of the molecule is CCN(C(=O)c1cccc2c1OCCO2)C1CNC1. The average molecular weight is 262 g/mol. The van der Waals surface area contributed by atoms with Crippen LogP contribution in [-0.2, 0) is 0 Å². The van der Waals surface area contributed by atoms with Crippen LogP contribution in [0.2, 0.25) is 0 Å². The van der Waals surface area contributed by atoms with Gasteiger partial charge >= 0.3 is 0 Å². The Morgan fingerprint density at radius 3 is 2.84 bits per heavy atom. The van der Waals surface area contributed by atoms with E-state index in [0.29, 0.717) is 36.8 Å². The molecule has 0 atom stereocenters. The Kier molecular flexibility index (Phi) is 3.29. The highest BCUT2D eigenvalue weighted by Gasteiger charge is 2.30. The van der Waals surface area contributed by atoms with Crippen molar-refractivity contribution in [2.75, 3.05) is 32.8 Å². The zero-order valence-corrected chi connectivity index (χ0v) is 11.0. The molecule has 19 heavy (non-hydrogen) atoms. The zero-order chi connectivity index (χ0) is 13.2. The van der Waals surface area contributed by atoms with Crippen molar-refractivity contribution in [1.29, 1.82) is 0 Å². The second kappa shape index (κ2) is 5.09. The maximum Gasteiger partial charge on any atom is 0.258 e. The van der Waals surface area contributed by atoms with Crippen LogP contribution in [0.15, 0.2) is 18.2 Å². The Bertz CT molecular complexity index is 486. The number of rotatable bonds is 3. The number of nitrogens with one attached hydrogen (secondary N) is 1. The molecule has 0 spiro atoms. The number of carbonyl (C=O) groups is 1. The first-order valence-electron chi connectivity index (χ1n) is 6.71. The van der Waals surface area contributed by atoms with Gasteiger partial charge in [-0.05, 0) is 19.1 Å². The van der Waals surface area contributed by atoms with Gasteiger partial charge in [0, 0.05) is 19.6 Å². The molecule has 5 nitrogen and oxygen atoms in total. The molecular weight excluding hydrogens is 244 g/mol. The van der Waals surface area contributed by atoms with Gasteiger partial charge in [0.15, 0.2) is 11.5 Å². The van der Waals surface area contributed by atoms with Crippen molar-refractivity contribution in [1.82, 2.24) is 10.2 Å². The number of carbonyl (C=O) groups excluding carboxylic acids is 1. The highest BCUT2D eigenvalue weighted by molar-refractivity contribution is 5.98. The van der Waals surface area contributed by atoms with Crippen molar-refractivity contribution < 1.29 is 14.3 Å². The van der Waals surface area contributed by atoms with Crippen LogP contribution in [0.25, 0.3) is 0 Å². The first-order valence-corrected chi connectivity index (χ1v) is 6.71. The van der Waals surface area contributed by atoms with Crippen molar-refractivity contribution in [3.8, 4) is 11.5 Å². The van der Waals surface area contributed by atoms with Crippen molar-refractivity contribution in [3.05, 3.63) is 23.8 Å². The summed E-state index contributed by atoms with van der Waals surface area (Å²) in [6, 6.07) is 5.78. The molecule has 2 aliphatic heterocycles. The lowest BCUT2D eigenvalue weighted by molar-refractivity contribution is 0.0620. The van der Waals surface area contributed by atoms with Gasteiger partial charge in [-0.2, -0.15) is 0 Å². The van der Waals surface area contributed by atoms with Gasteiger partial charge in [-0.15, -0.1) is 0 Å². The molecule has 0 radical (unpaired) electrons. The summed E-state index contributed by atoms with van der Waals surface area (Å²) < 4.78 is 11.1. The Balaban J connectivity index is 1.90. The molecule has 102 valence electrons. The van der Waals surface area contributed by atoms with Gasteiger partial charge in [0.1, 0.15) is 13.2 Å². The van der Waals surface area contributed by atoms with Gasteiger partial charge in [0.25, 0.3) is 5.91 Å². The third-order valence-electron chi connectivity index (χ3n) is 3.60.